The molecule has 0 spiro atoms. The lowest BCUT2D eigenvalue weighted by Gasteiger charge is -2.17. The molecular weight excluding hydrogens is 280 g/mol. The Labute approximate surface area is 130 Å². The summed E-state index contributed by atoms with van der Waals surface area (Å²) in [5.74, 6) is 0.0841. The molecule has 0 fully saturated rings. The van der Waals surface area contributed by atoms with Crippen molar-refractivity contribution in [3.8, 4) is 0 Å². The summed E-state index contributed by atoms with van der Waals surface area (Å²) >= 11 is 1.75. The number of quaternary nitrogens is 1. The number of carbonyl (C=O) groups excluding carboxylic acids is 1. The van der Waals surface area contributed by atoms with Crippen molar-refractivity contribution in [2.45, 2.75) is 27.3 Å². The van der Waals surface area contributed by atoms with E-state index in [0.29, 0.717) is 6.54 Å². The van der Waals surface area contributed by atoms with Gasteiger partial charge in [0.15, 0.2) is 6.54 Å². The predicted octanol–water partition coefficient (Wildman–Crippen LogP) is 2.41. The highest BCUT2D eigenvalue weighted by molar-refractivity contribution is 7.09. The zero-order chi connectivity index (χ0) is 15.2. The summed E-state index contributed by atoms with van der Waals surface area (Å²) in [6.07, 6.45) is 0. The summed E-state index contributed by atoms with van der Waals surface area (Å²) in [6.45, 7) is 8.53. The van der Waals surface area contributed by atoms with Crippen LogP contribution in [0.1, 0.15) is 22.9 Å². The largest absolute Gasteiger partial charge is 0.323 e. The Balaban J connectivity index is 1.97. The molecule has 1 aromatic heterocycles. The molecule has 0 aliphatic carbocycles. The lowest BCUT2D eigenvalue weighted by Crippen LogP contribution is -3.11. The van der Waals surface area contributed by atoms with Crippen molar-refractivity contribution >= 4 is 22.9 Å². The summed E-state index contributed by atoms with van der Waals surface area (Å²) in [4.78, 5) is 14.9. The molecule has 1 unspecified atom stereocenters. The summed E-state index contributed by atoms with van der Waals surface area (Å²) < 4.78 is 0. The first-order chi connectivity index (χ1) is 10.1. The second kappa shape index (κ2) is 7.38. The number of likely N-dealkylation sites (N-methyl/N-ethyl adjacent to an activating group) is 1. The van der Waals surface area contributed by atoms with Crippen LogP contribution in [0.15, 0.2) is 35.7 Å². The number of hydrogen-bond donors (Lipinski definition) is 2. The molecule has 2 rings (SSSR count). The number of aryl methyl sites for hydroxylation is 2. The maximum absolute atomic E-state index is 12.3. The van der Waals surface area contributed by atoms with E-state index in [0.717, 1.165) is 29.9 Å². The van der Waals surface area contributed by atoms with E-state index in [2.05, 4.69) is 29.8 Å². The number of thiophene rings is 1. The molecule has 4 heteroatoms. The minimum atomic E-state index is 0.0841. The van der Waals surface area contributed by atoms with Gasteiger partial charge in [-0.25, -0.2) is 0 Å². The maximum Gasteiger partial charge on any atom is 0.279 e. The quantitative estimate of drug-likeness (QED) is 0.844. The summed E-state index contributed by atoms with van der Waals surface area (Å²) in [5, 5.41) is 5.15. The van der Waals surface area contributed by atoms with Crippen LogP contribution in [0.25, 0.3) is 0 Å². The van der Waals surface area contributed by atoms with Crippen molar-refractivity contribution in [3.05, 3.63) is 51.7 Å². The average Bonchev–Trinajstić information content (AvgIpc) is 2.95. The third kappa shape index (κ3) is 4.41. The number of benzene rings is 1. The fraction of sp³-hybridized carbons (Fsp3) is 0.353. The van der Waals surface area contributed by atoms with Gasteiger partial charge in [-0.15, -0.1) is 11.3 Å². The molecule has 1 amide bonds. The Kier molecular flexibility index (Phi) is 5.53. The Morgan fingerprint density at radius 2 is 1.90 bits per heavy atom. The number of amides is 1. The van der Waals surface area contributed by atoms with Gasteiger partial charge in [0.2, 0.25) is 0 Å². The summed E-state index contributed by atoms with van der Waals surface area (Å²) in [6, 6.07) is 10.3. The third-order valence-electron chi connectivity index (χ3n) is 3.66. The number of nitrogens with one attached hydrogen (secondary N) is 2. The van der Waals surface area contributed by atoms with Crippen molar-refractivity contribution < 1.29 is 9.69 Å². The van der Waals surface area contributed by atoms with Gasteiger partial charge in [0.1, 0.15) is 6.54 Å². The summed E-state index contributed by atoms with van der Waals surface area (Å²) in [7, 11) is 0. The first kappa shape index (κ1) is 15.7. The van der Waals surface area contributed by atoms with E-state index in [1.165, 1.54) is 9.78 Å². The smallest absolute Gasteiger partial charge is 0.279 e. The van der Waals surface area contributed by atoms with Crippen LogP contribution in [0.4, 0.5) is 5.69 Å². The molecule has 2 N–H and O–H groups in total. The molecule has 1 heterocycles. The van der Waals surface area contributed by atoms with Gasteiger partial charge in [0.25, 0.3) is 5.91 Å². The Hall–Kier alpha value is -1.65. The summed E-state index contributed by atoms with van der Waals surface area (Å²) in [5.41, 5.74) is 3.17. The monoisotopic (exact) mass is 303 g/mol. The second-order valence-electron chi connectivity index (χ2n) is 5.35. The molecule has 3 nitrogen and oxygen atoms in total. The molecular formula is C17H23N2OS+. The minimum Gasteiger partial charge on any atom is -0.323 e. The van der Waals surface area contributed by atoms with Gasteiger partial charge in [-0.2, -0.15) is 0 Å². The van der Waals surface area contributed by atoms with E-state index in [4.69, 9.17) is 0 Å². The number of hydrogen-bond acceptors (Lipinski definition) is 2. The predicted molar refractivity (Wildman–Crippen MR) is 88.9 cm³/mol. The highest BCUT2D eigenvalue weighted by Crippen LogP contribution is 2.18. The molecule has 1 atom stereocenters. The van der Waals surface area contributed by atoms with E-state index >= 15 is 0 Å². The van der Waals surface area contributed by atoms with Crippen molar-refractivity contribution in [1.29, 1.82) is 0 Å². The van der Waals surface area contributed by atoms with Gasteiger partial charge in [-0.05, 0) is 43.3 Å². The molecule has 0 aliphatic rings. The Morgan fingerprint density at radius 3 is 2.48 bits per heavy atom. The van der Waals surface area contributed by atoms with Gasteiger partial charge >= 0.3 is 0 Å². The van der Waals surface area contributed by atoms with Crippen molar-refractivity contribution in [2.75, 3.05) is 18.4 Å². The first-order valence-corrected chi connectivity index (χ1v) is 8.20. The fourth-order valence-corrected chi connectivity index (χ4v) is 3.17. The lowest BCUT2D eigenvalue weighted by molar-refractivity contribution is -0.903. The van der Waals surface area contributed by atoms with Crippen molar-refractivity contribution in [1.82, 2.24) is 0 Å². The molecule has 0 saturated heterocycles. The fourth-order valence-electron chi connectivity index (χ4n) is 2.39. The molecule has 112 valence electrons. The van der Waals surface area contributed by atoms with Crippen LogP contribution in [0.2, 0.25) is 0 Å². The number of para-hydroxylation sites is 1. The number of rotatable bonds is 6. The van der Waals surface area contributed by atoms with Crippen molar-refractivity contribution in [3.63, 3.8) is 0 Å². The average molecular weight is 303 g/mol. The maximum atomic E-state index is 12.3. The third-order valence-corrected chi connectivity index (χ3v) is 4.54. The SMILES string of the molecule is CC[NH+](CC(=O)Nc1c(C)cccc1C)Cc1cccs1. The highest BCUT2D eigenvalue weighted by atomic mass is 32.1. The highest BCUT2D eigenvalue weighted by Gasteiger charge is 2.15. The van der Waals surface area contributed by atoms with E-state index in [1.807, 2.05) is 32.0 Å². The second-order valence-corrected chi connectivity index (χ2v) is 6.38. The molecule has 0 aliphatic heterocycles. The number of carbonyl (C=O) groups is 1. The first-order valence-electron chi connectivity index (χ1n) is 7.32. The van der Waals surface area contributed by atoms with Crippen LogP contribution in [-0.4, -0.2) is 19.0 Å². The van der Waals surface area contributed by atoms with Gasteiger partial charge in [-0.3, -0.25) is 4.79 Å². The molecule has 21 heavy (non-hydrogen) atoms. The Bertz CT molecular complexity index is 573. The van der Waals surface area contributed by atoms with E-state index in [9.17, 15) is 4.79 Å². The molecule has 2 aromatic rings. The number of anilines is 1. The van der Waals surface area contributed by atoms with Gasteiger partial charge in [-0.1, -0.05) is 24.3 Å². The van der Waals surface area contributed by atoms with Gasteiger partial charge < -0.3 is 10.2 Å². The van der Waals surface area contributed by atoms with E-state index in [-0.39, 0.29) is 5.91 Å². The van der Waals surface area contributed by atoms with Crippen LogP contribution in [0, 0.1) is 13.8 Å². The van der Waals surface area contributed by atoms with Crippen LogP contribution < -0.4 is 10.2 Å². The van der Waals surface area contributed by atoms with Crippen LogP contribution in [0.3, 0.4) is 0 Å². The van der Waals surface area contributed by atoms with E-state index in [1.54, 1.807) is 11.3 Å². The molecule has 0 bridgehead atoms. The lowest BCUT2D eigenvalue weighted by atomic mass is 10.1. The van der Waals surface area contributed by atoms with Crippen LogP contribution in [0.5, 0.6) is 0 Å². The zero-order valence-corrected chi connectivity index (χ0v) is 13.7. The standard InChI is InChI=1S/C17H22N2OS/c1-4-19(11-15-9-6-10-21-15)12-16(20)18-17-13(2)7-5-8-14(17)3/h5-10H,4,11-12H2,1-3H3,(H,18,20)/p+1. The van der Waals surface area contributed by atoms with E-state index < -0.39 is 0 Å². The molecule has 0 saturated carbocycles. The minimum absolute atomic E-state index is 0.0841. The zero-order valence-electron chi connectivity index (χ0n) is 12.9. The normalized spacial score (nSPS) is 12.1. The van der Waals surface area contributed by atoms with Crippen molar-refractivity contribution in [2.24, 2.45) is 0 Å². The van der Waals surface area contributed by atoms with Crippen LogP contribution >= 0.6 is 11.3 Å². The van der Waals surface area contributed by atoms with Gasteiger partial charge in [0.05, 0.1) is 11.4 Å². The topological polar surface area (TPSA) is 33.5 Å². The molecule has 1 aromatic carbocycles. The molecule has 0 radical (unpaired) electrons. The Morgan fingerprint density at radius 1 is 1.19 bits per heavy atom. The van der Waals surface area contributed by atoms with Gasteiger partial charge in [0, 0.05) is 5.69 Å². The van der Waals surface area contributed by atoms with Crippen LogP contribution in [-0.2, 0) is 11.3 Å².